The van der Waals surface area contributed by atoms with Crippen LogP contribution in [0.15, 0.2) is 30.3 Å². The summed E-state index contributed by atoms with van der Waals surface area (Å²) < 4.78 is 5.52. The molecule has 0 aromatic heterocycles. The minimum atomic E-state index is -1.48. The molecule has 0 aliphatic carbocycles. The number of hydrogen-bond acceptors (Lipinski definition) is 7. The molecule has 1 heterocycles. The molecule has 1 saturated heterocycles. The van der Waals surface area contributed by atoms with Crippen LogP contribution in [0.2, 0.25) is 0 Å². The van der Waals surface area contributed by atoms with Gasteiger partial charge in [-0.2, -0.15) is 0 Å². The zero-order valence-electron chi connectivity index (χ0n) is 19.3. The van der Waals surface area contributed by atoms with Crippen molar-refractivity contribution >= 4 is 29.7 Å². The molecule has 0 unspecified atom stereocenters. The normalized spacial score (nSPS) is 15.4. The third-order valence-electron chi connectivity index (χ3n) is 5.34. The highest BCUT2D eigenvalue weighted by atomic mass is 16.5. The van der Waals surface area contributed by atoms with Crippen LogP contribution in [0.25, 0.3) is 0 Å². The fourth-order valence-electron chi connectivity index (χ4n) is 3.49. The highest BCUT2D eigenvalue weighted by Crippen LogP contribution is 2.07. The molecule has 1 aromatic rings. The highest BCUT2D eigenvalue weighted by molar-refractivity contribution is 5.93. The van der Waals surface area contributed by atoms with Crippen LogP contribution >= 0.6 is 0 Å². The van der Waals surface area contributed by atoms with E-state index in [4.69, 9.17) is 9.84 Å². The lowest BCUT2D eigenvalue weighted by Gasteiger charge is -2.22. The van der Waals surface area contributed by atoms with Gasteiger partial charge in [0.1, 0.15) is 18.7 Å². The van der Waals surface area contributed by atoms with Gasteiger partial charge in [-0.3, -0.25) is 19.2 Å². The molecule has 12 nitrogen and oxygen atoms in total. The lowest BCUT2D eigenvalue weighted by molar-refractivity contribution is -0.143. The van der Waals surface area contributed by atoms with E-state index in [0.717, 1.165) is 25.9 Å². The maximum absolute atomic E-state index is 12.6. The molecule has 0 spiro atoms. The van der Waals surface area contributed by atoms with Gasteiger partial charge in [-0.05, 0) is 31.5 Å². The monoisotopic (exact) mass is 492 g/mol. The van der Waals surface area contributed by atoms with Crippen molar-refractivity contribution in [2.24, 2.45) is 0 Å². The van der Waals surface area contributed by atoms with E-state index < -0.39 is 42.3 Å². The summed E-state index contributed by atoms with van der Waals surface area (Å²) in [6.07, 6.45) is 0.701. The number of carbonyl (C=O) groups excluding carboxylic acids is 3. The van der Waals surface area contributed by atoms with Gasteiger partial charge in [0.25, 0.3) is 0 Å². The van der Waals surface area contributed by atoms with Crippen molar-refractivity contribution in [1.82, 2.24) is 21.3 Å². The second-order valence-corrected chi connectivity index (χ2v) is 8.17. The van der Waals surface area contributed by atoms with Crippen molar-refractivity contribution in [3.63, 3.8) is 0 Å². The van der Waals surface area contributed by atoms with Gasteiger partial charge in [-0.15, -0.1) is 0 Å². The van der Waals surface area contributed by atoms with Crippen LogP contribution in [0.5, 0.6) is 0 Å². The van der Waals surface area contributed by atoms with Crippen LogP contribution < -0.4 is 21.3 Å². The first kappa shape index (κ1) is 27.7. The van der Waals surface area contributed by atoms with Gasteiger partial charge in [-0.25, -0.2) is 4.79 Å². The predicted octanol–water partition coefficient (Wildman–Crippen LogP) is -0.967. The Hall–Kier alpha value is -3.51. The summed E-state index contributed by atoms with van der Waals surface area (Å²) in [5.74, 6) is -4.62. The maximum atomic E-state index is 12.6. The third-order valence-corrected chi connectivity index (χ3v) is 5.34. The topological polar surface area (TPSA) is 183 Å². The number of rotatable bonds is 14. The van der Waals surface area contributed by atoms with Gasteiger partial charge in [0.15, 0.2) is 0 Å². The predicted molar refractivity (Wildman–Crippen MR) is 123 cm³/mol. The molecular weight excluding hydrogens is 460 g/mol. The van der Waals surface area contributed by atoms with Crippen molar-refractivity contribution in [3.05, 3.63) is 35.9 Å². The van der Waals surface area contributed by atoms with Gasteiger partial charge in [0, 0.05) is 19.4 Å². The number of hydrogen-bond donors (Lipinski definition) is 6. The molecule has 0 saturated carbocycles. The molecule has 35 heavy (non-hydrogen) atoms. The molecule has 0 radical (unpaired) electrons. The Kier molecular flexibility index (Phi) is 11.6. The summed E-state index contributed by atoms with van der Waals surface area (Å²) in [6, 6.07) is 5.83. The zero-order chi connectivity index (χ0) is 25.6. The average Bonchev–Trinajstić information content (AvgIpc) is 2.83. The van der Waals surface area contributed by atoms with Gasteiger partial charge in [0.05, 0.1) is 12.5 Å². The summed E-state index contributed by atoms with van der Waals surface area (Å²) >= 11 is 0. The van der Waals surface area contributed by atoms with E-state index in [1.165, 1.54) is 0 Å². The van der Waals surface area contributed by atoms with E-state index in [9.17, 15) is 29.1 Å². The van der Waals surface area contributed by atoms with E-state index in [1.807, 2.05) is 0 Å². The number of piperidine rings is 1. The van der Waals surface area contributed by atoms with Crippen LogP contribution in [-0.2, 0) is 35.1 Å². The van der Waals surface area contributed by atoms with Crippen molar-refractivity contribution in [1.29, 1.82) is 0 Å². The lowest BCUT2D eigenvalue weighted by Crippen LogP contribution is -2.53. The zero-order valence-corrected chi connectivity index (χ0v) is 19.3. The van der Waals surface area contributed by atoms with Crippen LogP contribution in [0.3, 0.4) is 0 Å². The number of carboxylic acid groups (broad SMARTS) is 2. The molecule has 192 valence electrons. The molecule has 1 fully saturated rings. The number of carbonyl (C=O) groups is 5. The number of ether oxygens (including phenoxy) is 1. The highest BCUT2D eigenvalue weighted by Gasteiger charge is 2.28. The number of benzene rings is 1. The molecule has 2 atom stereocenters. The van der Waals surface area contributed by atoms with Crippen LogP contribution in [0.4, 0.5) is 0 Å². The Morgan fingerprint density at radius 2 is 1.66 bits per heavy atom. The number of carboxylic acids is 2. The average molecular weight is 493 g/mol. The molecule has 6 N–H and O–H groups in total. The Morgan fingerprint density at radius 3 is 2.29 bits per heavy atom. The summed E-state index contributed by atoms with van der Waals surface area (Å²) in [4.78, 5) is 59.5. The summed E-state index contributed by atoms with van der Waals surface area (Å²) in [5, 5.41) is 28.9. The molecule has 12 heteroatoms. The fraction of sp³-hybridized carbons (Fsp3) is 0.522. The molecular formula is C23H32N4O8. The smallest absolute Gasteiger partial charge is 0.326 e. The summed E-state index contributed by atoms with van der Waals surface area (Å²) in [6.45, 7) is 1.50. The number of amides is 3. The van der Waals surface area contributed by atoms with E-state index in [1.54, 1.807) is 30.3 Å². The molecule has 1 aromatic carbocycles. The molecule has 3 amide bonds. The molecule has 0 bridgehead atoms. The van der Waals surface area contributed by atoms with Gasteiger partial charge in [0.2, 0.25) is 17.7 Å². The van der Waals surface area contributed by atoms with E-state index in [-0.39, 0.29) is 38.0 Å². The van der Waals surface area contributed by atoms with Crippen LogP contribution in [0.1, 0.15) is 31.2 Å². The van der Waals surface area contributed by atoms with Gasteiger partial charge in [-0.1, -0.05) is 30.3 Å². The summed E-state index contributed by atoms with van der Waals surface area (Å²) in [5.41, 5.74) is 0.666. The third kappa shape index (κ3) is 11.0. The Morgan fingerprint density at radius 1 is 0.971 bits per heavy atom. The number of aliphatic carboxylic acids is 2. The SMILES string of the molecule is O=C(O)C[C@H](NC(=O)CCNC(=O)COC1CCNCC1)C(=O)N[C@@H](Cc1ccccc1)C(=O)O. The minimum Gasteiger partial charge on any atom is -0.481 e. The first-order valence-corrected chi connectivity index (χ1v) is 11.4. The number of nitrogens with one attached hydrogen (secondary N) is 4. The Labute approximate surface area is 202 Å². The summed E-state index contributed by atoms with van der Waals surface area (Å²) in [7, 11) is 0. The Bertz CT molecular complexity index is 874. The van der Waals surface area contributed by atoms with Crippen LogP contribution in [-0.4, -0.2) is 84.3 Å². The van der Waals surface area contributed by atoms with Crippen LogP contribution in [0, 0.1) is 0 Å². The quantitative estimate of drug-likeness (QED) is 0.190. The van der Waals surface area contributed by atoms with Crippen molar-refractivity contribution in [3.8, 4) is 0 Å². The largest absolute Gasteiger partial charge is 0.481 e. The molecule has 1 aliphatic heterocycles. The van der Waals surface area contributed by atoms with E-state index in [0.29, 0.717) is 5.56 Å². The lowest BCUT2D eigenvalue weighted by atomic mass is 10.1. The van der Waals surface area contributed by atoms with Crippen molar-refractivity contribution < 1.29 is 38.9 Å². The van der Waals surface area contributed by atoms with Crippen molar-refractivity contribution in [2.45, 2.75) is 50.3 Å². The Balaban J connectivity index is 1.81. The maximum Gasteiger partial charge on any atom is 0.326 e. The van der Waals surface area contributed by atoms with Gasteiger partial charge < -0.3 is 36.2 Å². The first-order valence-electron chi connectivity index (χ1n) is 11.4. The van der Waals surface area contributed by atoms with E-state index >= 15 is 0 Å². The molecule has 1 aliphatic rings. The molecule has 2 rings (SSSR count). The second kappa shape index (κ2) is 14.7. The van der Waals surface area contributed by atoms with Gasteiger partial charge >= 0.3 is 11.9 Å². The van der Waals surface area contributed by atoms with Crippen molar-refractivity contribution in [2.75, 3.05) is 26.2 Å². The van der Waals surface area contributed by atoms with E-state index in [2.05, 4.69) is 21.3 Å². The first-order chi connectivity index (χ1) is 16.7. The second-order valence-electron chi connectivity index (χ2n) is 8.17. The minimum absolute atomic E-state index is 0.0112. The standard InChI is InChI=1S/C23H32N4O8/c28-19(8-11-25-20(29)14-35-16-6-9-24-10-7-16)26-17(13-21(30)31)22(32)27-18(23(33)34)12-15-4-2-1-3-5-15/h1-5,16-18,24H,6-14H2,(H,25,29)(H,26,28)(H,27,32)(H,30,31)(H,33,34)/t17-,18-/m0/s1. The fourth-order valence-corrected chi connectivity index (χ4v) is 3.49.